The number of halogens is 1. The molecule has 2 amide bonds. The van der Waals surface area contributed by atoms with Crippen molar-refractivity contribution in [2.75, 3.05) is 13.6 Å². The van der Waals surface area contributed by atoms with Gasteiger partial charge in [-0.25, -0.2) is 12.7 Å². The van der Waals surface area contributed by atoms with Gasteiger partial charge in [0, 0.05) is 44.0 Å². The molecule has 0 saturated carbocycles. The molecule has 2 atom stereocenters. The van der Waals surface area contributed by atoms with E-state index in [0.29, 0.717) is 17.9 Å². The van der Waals surface area contributed by atoms with Crippen molar-refractivity contribution in [2.45, 2.75) is 63.1 Å². The topological polar surface area (TPSA) is 86.8 Å². The van der Waals surface area contributed by atoms with Crippen LogP contribution in [0.4, 0.5) is 0 Å². The van der Waals surface area contributed by atoms with Crippen LogP contribution >= 0.6 is 11.6 Å². The van der Waals surface area contributed by atoms with E-state index in [-0.39, 0.29) is 42.3 Å². The van der Waals surface area contributed by atoms with Gasteiger partial charge in [0.1, 0.15) is 6.04 Å². The van der Waals surface area contributed by atoms with Crippen molar-refractivity contribution in [3.8, 4) is 0 Å². The van der Waals surface area contributed by atoms with Crippen LogP contribution in [0, 0.1) is 0 Å². The van der Waals surface area contributed by atoms with Gasteiger partial charge in [-0.3, -0.25) is 9.59 Å². The van der Waals surface area contributed by atoms with E-state index in [1.165, 1.54) is 11.4 Å². The second-order valence-electron chi connectivity index (χ2n) is 9.88. The Morgan fingerprint density at radius 2 is 1.52 bits per heavy atom. The van der Waals surface area contributed by atoms with Crippen LogP contribution in [0.25, 0.3) is 0 Å². The van der Waals surface area contributed by atoms with Crippen LogP contribution in [0.15, 0.2) is 89.8 Å². The van der Waals surface area contributed by atoms with Crippen molar-refractivity contribution < 1.29 is 18.0 Å². The van der Waals surface area contributed by atoms with Gasteiger partial charge in [0.15, 0.2) is 0 Å². The van der Waals surface area contributed by atoms with E-state index in [2.05, 4.69) is 5.32 Å². The first-order valence-electron chi connectivity index (χ1n) is 13.5. The minimum absolute atomic E-state index is 0.0557. The normalized spacial score (nSPS) is 13.0. The van der Waals surface area contributed by atoms with Crippen molar-refractivity contribution >= 4 is 33.4 Å². The zero-order valence-electron chi connectivity index (χ0n) is 23.3. The molecule has 0 heterocycles. The monoisotopic (exact) mass is 583 g/mol. The number of carbonyl (C=O) groups is 2. The quantitative estimate of drug-likeness (QED) is 0.279. The van der Waals surface area contributed by atoms with Gasteiger partial charge in [0.2, 0.25) is 21.8 Å². The van der Waals surface area contributed by atoms with Crippen molar-refractivity contribution in [1.82, 2.24) is 14.5 Å². The molecular weight excluding hydrogens is 546 g/mol. The van der Waals surface area contributed by atoms with Crippen LogP contribution in [0.2, 0.25) is 5.02 Å². The summed E-state index contributed by atoms with van der Waals surface area (Å²) in [7, 11) is -2.17. The molecule has 3 aromatic rings. The van der Waals surface area contributed by atoms with Gasteiger partial charge in [-0.2, -0.15) is 0 Å². The molecule has 0 aromatic heterocycles. The summed E-state index contributed by atoms with van der Waals surface area (Å²) in [6, 6.07) is 24.2. The Kier molecular flexibility index (Phi) is 11.7. The van der Waals surface area contributed by atoms with Crippen molar-refractivity contribution in [2.24, 2.45) is 0 Å². The highest BCUT2D eigenvalue weighted by atomic mass is 35.5. The largest absolute Gasteiger partial charge is 0.352 e. The molecule has 0 saturated heterocycles. The van der Waals surface area contributed by atoms with Gasteiger partial charge in [0.05, 0.1) is 4.90 Å². The Bertz CT molecular complexity index is 1350. The molecule has 0 unspecified atom stereocenters. The highest BCUT2D eigenvalue weighted by Crippen LogP contribution is 2.22. The first-order chi connectivity index (χ1) is 19.1. The fraction of sp³-hybridized carbons (Fsp3) is 0.355. The molecule has 3 aromatic carbocycles. The van der Waals surface area contributed by atoms with E-state index in [9.17, 15) is 18.0 Å². The maximum absolute atomic E-state index is 13.8. The van der Waals surface area contributed by atoms with Gasteiger partial charge in [-0.15, -0.1) is 0 Å². The molecular formula is C31H38ClN3O4S. The molecule has 0 aliphatic carbocycles. The first kappa shape index (κ1) is 31.3. The number of carbonyl (C=O) groups excluding carboxylic acids is 2. The number of hydrogen-bond donors (Lipinski definition) is 1. The smallest absolute Gasteiger partial charge is 0.243 e. The average molecular weight is 584 g/mol. The van der Waals surface area contributed by atoms with E-state index in [1.807, 2.05) is 62.4 Å². The highest BCUT2D eigenvalue weighted by molar-refractivity contribution is 7.89. The molecule has 0 fully saturated rings. The summed E-state index contributed by atoms with van der Waals surface area (Å²) in [6.45, 7) is 4.23. The van der Waals surface area contributed by atoms with Crippen LogP contribution in [0.1, 0.15) is 44.2 Å². The lowest BCUT2D eigenvalue weighted by Crippen LogP contribution is -2.52. The van der Waals surface area contributed by atoms with Gasteiger partial charge in [-0.05, 0) is 49.1 Å². The van der Waals surface area contributed by atoms with Crippen LogP contribution in [-0.4, -0.2) is 55.1 Å². The predicted molar refractivity (Wildman–Crippen MR) is 159 cm³/mol. The van der Waals surface area contributed by atoms with E-state index in [4.69, 9.17) is 11.6 Å². The first-order valence-corrected chi connectivity index (χ1v) is 15.3. The molecule has 1 N–H and O–H groups in total. The third-order valence-corrected chi connectivity index (χ3v) is 9.13. The summed E-state index contributed by atoms with van der Waals surface area (Å²) in [6.07, 6.45) is 1.46. The fourth-order valence-electron chi connectivity index (χ4n) is 4.29. The highest BCUT2D eigenvalue weighted by Gasteiger charge is 2.31. The second kappa shape index (κ2) is 15.0. The van der Waals surface area contributed by atoms with Gasteiger partial charge < -0.3 is 10.2 Å². The zero-order chi connectivity index (χ0) is 29.1. The Labute approximate surface area is 243 Å². The third kappa shape index (κ3) is 8.65. The summed E-state index contributed by atoms with van der Waals surface area (Å²) < 4.78 is 27.1. The van der Waals surface area contributed by atoms with E-state index >= 15 is 0 Å². The summed E-state index contributed by atoms with van der Waals surface area (Å²) in [5.41, 5.74) is 1.66. The number of benzene rings is 3. The zero-order valence-corrected chi connectivity index (χ0v) is 24.9. The Morgan fingerprint density at radius 3 is 2.15 bits per heavy atom. The van der Waals surface area contributed by atoms with Gasteiger partial charge in [-0.1, -0.05) is 85.3 Å². The van der Waals surface area contributed by atoms with Gasteiger partial charge in [0.25, 0.3) is 0 Å². The lowest BCUT2D eigenvalue weighted by molar-refractivity contribution is -0.141. The Morgan fingerprint density at radius 1 is 0.925 bits per heavy atom. The second-order valence-corrected chi connectivity index (χ2v) is 12.3. The third-order valence-electron chi connectivity index (χ3n) is 6.89. The van der Waals surface area contributed by atoms with Gasteiger partial charge >= 0.3 is 0 Å². The van der Waals surface area contributed by atoms with E-state index in [0.717, 1.165) is 17.5 Å². The molecule has 40 heavy (non-hydrogen) atoms. The molecule has 9 heteroatoms. The summed E-state index contributed by atoms with van der Waals surface area (Å²) in [4.78, 5) is 29.2. The maximum atomic E-state index is 13.8. The summed E-state index contributed by atoms with van der Waals surface area (Å²) in [5.74, 6) is -0.479. The number of hydrogen-bond acceptors (Lipinski definition) is 4. The summed E-state index contributed by atoms with van der Waals surface area (Å²) in [5, 5.41) is 3.55. The van der Waals surface area contributed by atoms with Crippen LogP contribution in [0.5, 0.6) is 0 Å². The molecule has 0 aliphatic rings. The molecule has 0 aliphatic heterocycles. The van der Waals surface area contributed by atoms with Crippen LogP contribution in [-0.2, 0) is 32.6 Å². The van der Waals surface area contributed by atoms with Crippen molar-refractivity contribution in [3.63, 3.8) is 0 Å². The fourth-order valence-corrected chi connectivity index (χ4v) is 5.72. The maximum Gasteiger partial charge on any atom is 0.243 e. The SMILES string of the molecule is CC[C@H](C)NC(=O)[C@@H](Cc1ccccc1)N(Cc1ccccc1Cl)C(=O)CCCN(C)S(=O)(=O)c1ccccc1. The number of amides is 2. The molecule has 214 valence electrons. The lowest BCUT2D eigenvalue weighted by atomic mass is 10.0. The van der Waals surface area contributed by atoms with E-state index < -0.39 is 16.1 Å². The number of sulfonamides is 1. The average Bonchev–Trinajstić information content (AvgIpc) is 2.96. The number of nitrogens with zero attached hydrogens (tertiary/aromatic N) is 2. The molecule has 3 rings (SSSR count). The molecule has 7 nitrogen and oxygen atoms in total. The Hall–Kier alpha value is -3.20. The lowest BCUT2D eigenvalue weighted by Gasteiger charge is -2.32. The van der Waals surface area contributed by atoms with Crippen LogP contribution < -0.4 is 5.32 Å². The van der Waals surface area contributed by atoms with Crippen molar-refractivity contribution in [1.29, 1.82) is 0 Å². The summed E-state index contributed by atoms with van der Waals surface area (Å²) >= 11 is 6.47. The minimum Gasteiger partial charge on any atom is -0.352 e. The van der Waals surface area contributed by atoms with Crippen LogP contribution in [0.3, 0.4) is 0 Å². The molecule has 0 bridgehead atoms. The standard InChI is InChI=1S/C31H38ClN3O4S/c1-4-24(2)33-31(37)29(22-25-14-7-5-8-15-25)35(23-26-16-11-12-19-28(26)32)30(36)20-13-21-34(3)40(38,39)27-17-9-6-10-18-27/h5-12,14-19,24,29H,4,13,20-23H2,1-3H3,(H,33,37)/t24-,29+/m0/s1. The van der Waals surface area contributed by atoms with E-state index in [1.54, 1.807) is 41.3 Å². The number of rotatable bonds is 14. The predicted octanol–water partition coefficient (Wildman–Crippen LogP) is 5.30. The molecule has 0 spiro atoms. The van der Waals surface area contributed by atoms with Crippen molar-refractivity contribution in [3.05, 3.63) is 101 Å². The Balaban J connectivity index is 1.84. The molecule has 0 radical (unpaired) electrons. The number of nitrogens with one attached hydrogen (secondary N) is 1. The minimum atomic E-state index is -3.67.